The summed E-state index contributed by atoms with van der Waals surface area (Å²) < 4.78 is 4.68. The zero-order valence-electron chi connectivity index (χ0n) is 14.7. The predicted molar refractivity (Wildman–Crippen MR) is 94.3 cm³/mol. The molecule has 0 aromatic heterocycles. The first-order valence-corrected chi connectivity index (χ1v) is 7.62. The summed E-state index contributed by atoms with van der Waals surface area (Å²) in [4.78, 5) is 24.1. The lowest BCUT2D eigenvalue weighted by Crippen LogP contribution is -2.59. The summed E-state index contributed by atoms with van der Waals surface area (Å²) >= 11 is 0. The number of hydrogen-bond acceptors (Lipinski definition) is 5. The van der Waals surface area contributed by atoms with Crippen molar-refractivity contribution in [1.29, 1.82) is 0 Å². The highest BCUT2D eigenvalue weighted by molar-refractivity contribution is 5.97. The normalized spacial score (nSPS) is 12.6. The van der Waals surface area contributed by atoms with E-state index in [4.69, 9.17) is 10.8 Å². The molecule has 2 atom stereocenters. The van der Waals surface area contributed by atoms with E-state index in [0.717, 1.165) is 0 Å². The summed E-state index contributed by atoms with van der Waals surface area (Å²) in [6.07, 6.45) is -0.727. The highest BCUT2D eigenvalue weighted by Gasteiger charge is 2.34. The first-order chi connectivity index (χ1) is 11.6. The van der Waals surface area contributed by atoms with E-state index in [-0.39, 0.29) is 0 Å². The molecule has 0 radical (unpaired) electrons. The largest absolute Gasteiger partial charge is 0.467 e. The highest BCUT2D eigenvalue weighted by atomic mass is 16.5. The molecular formula is C19H22N2O4. The molecule has 0 aliphatic carbocycles. The number of amides is 1. The fourth-order valence-electron chi connectivity index (χ4n) is 1.83. The van der Waals surface area contributed by atoms with Gasteiger partial charge in [0, 0.05) is 16.7 Å². The molecule has 0 aliphatic rings. The van der Waals surface area contributed by atoms with Gasteiger partial charge in [0.2, 0.25) is 0 Å². The Morgan fingerprint density at radius 2 is 1.84 bits per heavy atom. The van der Waals surface area contributed by atoms with E-state index in [2.05, 4.69) is 33.7 Å². The van der Waals surface area contributed by atoms with Crippen molar-refractivity contribution in [2.75, 3.05) is 7.11 Å². The molecule has 6 heteroatoms. The van der Waals surface area contributed by atoms with Gasteiger partial charge in [0.05, 0.1) is 7.11 Å². The standard InChI is InChI=1S/C19H22N2O4/c1-13(22)7-5-6-8-14-9-11-15(12-10-14)17(23)21-16(18(24)25-4)19(2,3)20/h9-13,16,22H,20H2,1-4H3,(H,21,23)/t13-,16+/m0/s1. The molecule has 1 aromatic rings. The van der Waals surface area contributed by atoms with Crippen LogP contribution in [0.1, 0.15) is 36.7 Å². The van der Waals surface area contributed by atoms with Crippen molar-refractivity contribution in [3.05, 3.63) is 35.4 Å². The van der Waals surface area contributed by atoms with Gasteiger partial charge >= 0.3 is 5.97 Å². The number of nitrogens with two attached hydrogens (primary N) is 1. The molecule has 1 amide bonds. The number of nitrogens with one attached hydrogen (secondary N) is 1. The van der Waals surface area contributed by atoms with E-state index >= 15 is 0 Å². The number of rotatable bonds is 4. The van der Waals surface area contributed by atoms with Crippen LogP contribution in [0.2, 0.25) is 0 Å². The van der Waals surface area contributed by atoms with Gasteiger partial charge in [0.15, 0.2) is 0 Å². The summed E-state index contributed by atoms with van der Waals surface area (Å²) in [5.41, 5.74) is 5.98. The average Bonchev–Trinajstić information content (AvgIpc) is 2.55. The molecule has 25 heavy (non-hydrogen) atoms. The average molecular weight is 342 g/mol. The van der Waals surface area contributed by atoms with E-state index in [9.17, 15) is 9.59 Å². The van der Waals surface area contributed by atoms with E-state index < -0.39 is 29.6 Å². The summed E-state index contributed by atoms with van der Waals surface area (Å²) in [7, 11) is 1.24. The molecule has 1 rings (SSSR count). The van der Waals surface area contributed by atoms with Crippen molar-refractivity contribution >= 4 is 11.9 Å². The molecule has 0 saturated heterocycles. The van der Waals surface area contributed by atoms with Crippen molar-refractivity contribution in [1.82, 2.24) is 5.32 Å². The minimum Gasteiger partial charge on any atom is -0.467 e. The minimum atomic E-state index is -0.976. The lowest BCUT2D eigenvalue weighted by molar-refractivity contribution is -0.144. The second-order valence-electron chi connectivity index (χ2n) is 6.02. The third-order valence-electron chi connectivity index (χ3n) is 3.15. The molecule has 132 valence electrons. The monoisotopic (exact) mass is 342 g/mol. The molecule has 0 saturated carbocycles. The van der Waals surface area contributed by atoms with Gasteiger partial charge in [-0.25, -0.2) is 4.79 Å². The molecule has 0 heterocycles. The second-order valence-corrected chi connectivity index (χ2v) is 6.02. The van der Waals surface area contributed by atoms with Gasteiger partial charge in [0.1, 0.15) is 12.1 Å². The van der Waals surface area contributed by atoms with Crippen molar-refractivity contribution in [2.24, 2.45) is 5.73 Å². The summed E-state index contributed by atoms with van der Waals surface area (Å²) in [5.74, 6) is 9.39. The lowest BCUT2D eigenvalue weighted by Gasteiger charge is -2.28. The molecule has 6 nitrogen and oxygen atoms in total. The van der Waals surface area contributed by atoms with Crippen LogP contribution < -0.4 is 11.1 Å². The van der Waals surface area contributed by atoms with Gasteiger partial charge in [-0.2, -0.15) is 0 Å². The Bertz CT molecular complexity index is 738. The number of methoxy groups -OCH3 is 1. The third kappa shape index (κ3) is 6.68. The van der Waals surface area contributed by atoms with Crippen LogP contribution in [-0.2, 0) is 9.53 Å². The fourth-order valence-corrected chi connectivity index (χ4v) is 1.83. The molecule has 1 aromatic carbocycles. The first-order valence-electron chi connectivity index (χ1n) is 7.62. The molecule has 0 aliphatic heterocycles. The highest BCUT2D eigenvalue weighted by Crippen LogP contribution is 2.10. The van der Waals surface area contributed by atoms with Gasteiger partial charge in [-0.05, 0) is 56.9 Å². The van der Waals surface area contributed by atoms with Gasteiger partial charge in [-0.3, -0.25) is 4.79 Å². The number of benzene rings is 1. The number of aliphatic hydroxyl groups is 1. The number of ether oxygens (including phenoxy) is 1. The van der Waals surface area contributed by atoms with Crippen LogP contribution in [0.25, 0.3) is 0 Å². The SMILES string of the molecule is COC(=O)[C@@H](NC(=O)c1ccc(C#CC#C[C@H](C)O)cc1)C(C)(C)N. The van der Waals surface area contributed by atoms with Crippen molar-refractivity contribution in [3.8, 4) is 23.7 Å². The van der Waals surface area contributed by atoms with Crippen molar-refractivity contribution < 1.29 is 19.4 Å². The van der Waals surface area contributed by atoms with Crippen LogP contribution in [0.3, 0.4) is 0 Å². The van der Waals surface area contributed by atoms with Gasteiger partial charge in [0.25, 0.3) is 5.91 Å². The summed E-state index contributed by atoms with van der Waals surface area (Å²) in [6.45, 7) is 4.80. The van der Waals surface area contributed by atoms with E-state index in [0.29, 0.717) is 11.1 Å². The smallest absolute Gasteiger partial charge is 0.330 e. The van der Waals surface area contributed by atoms with Crippen LogP contribution in [0.5, 0.6) is 0 Å². The fraction of sp³-hybridized carbons (Fsp3) is 0.368. The molecule has 0 fully saturated rings. The minimum absolute atomic E-state index is 0.360. The lowest BCUT2D eigenvalue weighted by atomic mass is 9.95. The quantitative estimate of drug-likeness (QED) is 0.544. The maximum atomic E-state index is 12.3. The number of esters is 1. The molecule has 0 spiro atoms. The Morgan fingerprint density at radius 3 is 2.32 bits per heavy atom. The number of carbonyl (C=O) groups excluding carboxylic acids is 2. The Balaban J connectivity index is 2.86. The van der Waals surface area contributed by atoms with Crippen molar-refractivity contribution in [2.45, 2.75) is 38.5 Å². The molecule has 0 unspecified atom stereocenters. The summed E-state index contributed by atoms with van der Waals surface area (Å²) in [5, 5.41) is 11.6. The number of hydrogen-bond donors (Lipinski definition) is 3. The van der Waals surface area contributed by atoms with Crippen LogP contribution in [-0.4, -0.2) is 41.8 Å². The molecular weight excluding hydrogens is 320 g/mol. The summed E-state index contributed by atoms with van der Waals surface area (Å²) in [6, 6.07) is 5.51. The topological polar surface area (TPSA) is 102 Å². The van der Waals surface area contributed by atoms with Crippen LogP contribution in [0, 0.1) is 23.7 Å². The van der Waals surface area contributed by atoms with Crippen LogP contribution in [0.4, 0.5) is 0 Å². The Kier molecular flexibility index (Phi) is 7.20. The second kappa shape index (κ2) is 8.89. The predicted octanol–water partition coefficient (Wildman–Crippen LogP) is 0.431. The maximum Gasteiger partial charge on any atom is 0.330 e. The number of aliphatic hydroxyl groups excluding tert-OH is 1. The van der Waals surface area contributed by atoms with Gasteiger partial charge < -0.3 is 20.9 Å². The zero-order valence-corrected chi connectivity index (χ0v) is 14.7. The molecule has 4 N–H and O–H groups in total. The zero-order chi connectivity index (χ0) is 19.0. The van der Waals surface area contributed by atoms with Crippen LogP contribution >= 0.6 is 0 Å². The third-order valence-corrected chi connectivity index (χ3v) is 3.15. The first kappa shape index (κ1) is 20.2. The Hall–Kier alpha value is -2.80. The van der Waals surface area contributed by atoms with Gasteiger partial charge in [-0.15, -0.1) is 0 Å². The maximum absolute atomic E-state index is 12.3. The van der Waals surface area contributed by atoms with Crippen molar-refractivity contribution in [3.63, 3.8) is 0 Å². The molecule has 0 bridgehead atoms. The van der Waals surface area contributed by atoms with E-state index in [1.165, 1.54) is 7.11 Å². The van der Waals surface area contributed by atoms with E-state index in [1.807, 2.05) is 0 Å². The van der Waals surface area contributed by atoms with E-state index in [1.54, 1.807) is 45.0 Å². The Morgan fingerprint density at radius 1 is 1.24 bits per heavy atom. The van der Waals surface area contributed by atoms with Crippen LogP contribution in [0.15, 0.2) is 24.3 Å². The van der Waals surface area contributed by atoms with Gasteiger partial charge in [-0.1, -0.05) is 11.8 Å². The Labute approximate surface area is 147 Å². The number of carbonyl (C=O) groups is 2.